The Morgan fingerprint density at radius 3 is 2.71 bits per heavy atom. The lowest BCUT2D eigenvalue weighted by Crippen LogP contribution is -2.48. The molecule has 2 unspecified atom stereocenters. The van der Waals surface area contributed by atoms with Crippen molar-refractivity contribution in [3.8, 4) is 0 Å². The molecule has 2 aromatic heterocycles. The van der Waals surface area contributed by atoms with Gasteiger partial charge in [0.25, 0.3) is 0 Å². The van der Waals surface area contributed by atoms with Crippen molar-refractivity contribution in [3.05, 3.63) is 16.8 Å². The minimum atomic E-state index is 0.167. The number of rotatable bonds is 2. The Kier molecular flexibility index (Phi) is 4.75. The van der Waals surface area contributed by atoms with E-state index in [1.807, 2.05) is 0 Å². The van der Waals surface area contributed by atoms with E-state index in [4.69, 9.17) is 0 Å². The first-order valence-electron chi connectivity index (χ1n) is 10.6. The molecule has 1 amide bonds. The Balaban J connectivity index is 1.31. The summed E-state index contributed by atoms with van der Waals surface area (Å²) in [5.74, 6) is 1.63. The molecule has 0 aliphatic carbocycles. The molecule has 2 bridgehead atoms. The highest BCUT2D eigenvalue weighted by Crippen LogP contribution is 2.37. The lowest BCUT2D eigenvalue weighted by Gasteiger charge is -2.37. The van der Waals surface area contributed by atoms with E-state index in [0.29, 0.717) is 18.0 Å². The minimum Gasteiger partial charge on any atom is -0.356 e. The van der Waals surface area contributed by atoms with Crippen LogP contribution < -0.4 is 10.2 Å². The Hall–Kier alpha value is -1.73. The van der Waals surface area contributed by atoms with E-state index in [1.165, 1.54) is 22.2 Å². The first-order chi connectivity index (χ1) is 13.6. The molecule has 6 nitrogen and oxygen atoms in total. The van der Waals surface area contributed by atoms with Gasteiger partial charge in [0.2, 0.25) is 5.91 Å². The van der Waals surface area contributed by atoms with Gasteiger partial charge in [-0.25, -0.2) is 9.97 Å². The number of nitrogens with one attached hydrogen (secondary N) is 1. The van der Waals surface area contributed by atoms with Crippen LogP contribution in [0.3, 0.4) is 0 Å². The summed E-state index contributed by atoms with van der Waals surface area (Å²) in [6.45, 7) is 8.14. The second-order valence-corrected chi connectivity index (χ2v) is 9.75. The number of carbonyl (C=O) groups excluding carboxylic acids is 1. The molecular formula is C21H29N5OS. The second kappa shape index (κ2) is 7.26. The number of piperidine rings is 1. The maximum Gasteiger partial charge on any atom is 0.226 e. The third-order valence-electron chi connectivity index (χ3n) is 7.00. The largest absolute Gasteiger partial charge is 0.356 e. The Labute approximate surface area is 170 Å². The van der Waals surface area contributed by atoms with Crippen molar-refractivity contribution in [1.82, 2.24) is 20.2 Å². The molecule has 3 aliphatic heterocycles. The molecule has 0 radical (unpaired) electrons. The first-order valence-corrected chi connectivity index (χ1v) is 11.4. The lowest BCUT2D eigenvalue weighted by atomic mass is 9.94. The normalized spacial score (nSPS) is 26.1. The van der Waals surface area contributed by atoms with Crippen molar-refractivity contribution in [1.29, 1.82) is 0 Å². The van der Waals surface area contributed by atoms with Crippen molar-refractivity contribution >= 4 is 33.3 Å². The van der Waals surface area contributed by atoms with Gasteiger partial charge in [-0.05, 0) is 58.1 Å². The third-order valence-corrected chi connectivity index (χ3v) is 8.11. The molecule has 3 aliphatic rings. The third kappa shape index (κ3) is 2.99. The van der Waals surface area contributed by atoms with Crippen molar-refractivity contribution in [2.24, 2.45) is 5.92 Å². The monoisotopic (exact) mass is 399 g/mol. The quantitative estimate of drug-likeness (QED) is 0.841. The van der Waals surface area contributed by atoms with Crippen molar-refractivity contribution in [2.45, 2.75) is 58.0 Å². The van der Waals surface area contributed by atoms with Crippen LogP contribution >= 0.6 is 11.3 Å². The molecule has 3 saturated heterocycles. The smallest absolute Gasteiger partial charge is 0.226 e. The zero-order valence-electron chi connectivity index (χ0n) is 16.8. The molecule has 3 fully saturated rings. The average Bonchev–Trinajstić information content (AvgIpc) is 3.15. The van der Waals surface area contributed by atoms with Gasteiger partial charge in [-0.3, -0.25) is 4.79 Å². The highest BCUT2D eigenvalue weighted by atomic mass is 32.1. The lowest BCUT2D eigenvalue weighted by molar-refractivity contribution is -0.138. The topological polar surface area (TPSA) is 61.4 Å². The summed E-state index contributed by atoms with van der Waals surface area (Å²) in [5.41, 5.74) is 1.29. The van der Waals surface area contributed by atoms with E-state index in [9.17, 15) is 4.79 Å². The van der Waals surface area contributed by atoms with E-state index in [1.54, 1.807) is 17.7 Å². The number of amides is 1. The fourth-order valence-corrected chi connectivity index (χ4v) is 6.29. The minimum absolute atomic E-state index is 0.167. The Morgan fingerprint density at radius 1 is 1.11 bits per heavy atom. The van der Waals surface area contributed by atoms with Crippen LogP contribution in [0.2, 0.25) is 0 Å². The van der Waals surface area contributed by atoms with Crippen LogP contribution in [0.15, 0.2) is 6.33 Å². The van der Waals surface area contributed by atoms with Crippen molar-refractivity contribution < 1.29 is 4.79 Å². The number of hydrogen-bond acceptors (Lipinski definition) is 6. The van der Waals surface area contributed by atoms with E-state index in [2.05, 4.69) is 38.9 Å². The van der Waals surface area contributed by atoms with Crippen molar-refractivity contribution in [3.63, 3.8) is 0 Å². The summed E-state index contributed by atoms with van der Waals surface area (Å²) in [5, 5.41) is 4.70. The maximum absolute atomic E-state index is 13.3. The number of carbonyl (C=O) groups is 1. The van der Waals surface area contributed by atoms with E-state index in [0.717, 1.165) is 62.5 Å². The summed E-state index contributed by atoms with van der Waals surface area (Å²) in [4.78, 5) is 29.4. The van der Waals surface area contributed by atoms with Gasteiger partial charge in [-0.1, -0.05) is 0 Å². The zero-order chi connectivity index (χ0) is 19.3. The molecule has 5 heterocycles. The molecule has 28 heavy (non-hydrogen) atoms. The van der Waals surface area contributed by atoms with Crippen LogP contribution in [0, 0.1) is 19.8 Å². The number of thiophene rings is 1. The van der Waals surface area contributed by atoms with Gasteiger partial charge < -0.3 is 15.1 Å². The van der Waals surface area contributed by atoms with Crippen LogP contribution in [-0.4, -0.2) is 59.0 Å². The zero-order valence-corrected chi connectivity index (χ0v) is 17.6. The van der Waals surface area contributed by atoms with Crippen LogP contribution in [0.1, 0.15) is 42.5 Å². The second-order valence-electron chi connectivity index (χ2n) is 8.55. The maximum atomic E-state index is 13.3. The van der Waals surface area contributed by atoms with Crippen LogP contribution in [0.5, 0.6) is 0 Å². The number of hydrogen-bond donors (Lipinski definition) is 1. The highest BCUT2D eigenvalue weighted by molar-refractivity contribution is 7.18. The van der Waals surface area contributed by atoms with Gasteiger partial charge >= 0.3 is 0 Å². The number of aryl methyl sites for hydroxylation is 2. The van der Waals surface area contributed by atoms with E-state index >= 15 is 0 Å². The summed E-state index contributed by atoms with van der Waals surface area (Å²) in [7, 11) is 0. The number of anilines is 1. The number of aromatic nitrogens is 2. The van der Waals surface area contributed by atoms with Crippen molar-refractivity contribution in [2.75, 3.05) is 31.1 Å². The number of nitrogens with zero attached hydrogens (tertiary/aromatic N) is 4. The van der Waals surface area contributed by atoms with Gasteiger partial charge in [0.1, 0.15) is 17.0 Å². The van der Waals surface area contributed by atoms with Crippen LogP contribution in [0.25, 0.3) is 10.2 Å². The van der Waals surface area contributed by atoms with Crippen LogP contribution in [0.4, 0.5) is 5.82 Å². The number of fused-ring (bicyclic) bond motifs is 3. The van der Waals surface area contributed by atoms with Gasteiger partial charge in [0.05, 0.1) is 5.39 Å². The van der Waals surface area contributed by atoms with Gasteiger partial charge in [0.15, 0.2) is 0 Å². The summed E-state index contributed by atoms with van der Waals surface area (Å²) in [6, 6.07) is 0.874. The Morgan fingerprint density at radius 2 is 1.89 bits per heavy atom. The van der Waals surface area contributed by atoms with Crippen LogP contribution in [-0.2, 0) is 4.79 Å². The molecule has 150 valence electrons. The molecule has 0 spiro atoms. The van der Waals surface area contributed by atoms with Gasteiger partial charge in [-0.15, -0.1) is 11.3 Å². The molecule has 1 N–H and O–H groups in total. The molecule has 5 rings (SSSR count). The molecule has 0 aromatic carbocycles. The molecular weight excluding hydrogens is 370 g/mol. The molecule has 2 aromatic rings. The highest BCUT2D eigenvalue weighted by Gasteiger charge is 2.41. The first kappa shape index (κ1) is 18.3. The standard InChI is InChI=1S/C21H29N5OS/c1-13-14(2)28-20-18(13)19(23-12-24-20)25-9-6-15(7-10-25)21(27)26-16-3-4-17(26)11-22-8-5-16/h12,15-17,22H,3-11H2,1-2H3. The van der Waals surface area contributed by atoms with Gasteiger partial charge in [-0.2, -0.15) is 0 Å². The molecule has 7 heteroatoms. The predicted molar refractivity (Wildman–Crippen MR) is 113 cm³/mol. The SMILES string of the molecule is Cc1sc2ncnc(N3CCC(C(=O)N4C5CCNCC4CC5)CC3)c2c1C. The van der Waals surface area contributed by atoms with E-state index in [-0.39, 0.29) is 5.92 Å². The molecule has 0 saturated carbocycles. The fourth-order valence-electron chi connectivity index (χ4n) is 5.29. The fraction of sp³-hybridized carbons (Fsp3) is 0.667. The molecule has 2 atom stereocenters. The summed E-state index contributed by atoms with van der Waals surface area (Å²) in [6.07, 6.45) is 7.00. The Bertz CT molecular complexity index is 874. The predicted octanol–water partition coefficient (Wildman–Crippen LogP) is 2.88. The van der Waals surface area contributed by atoms with Gasteiger partial charge in [0, 0.05) is 42.5 Å². The summed E-state index contributed by atoms with van der Waals surface area (Å²) >= 11 is 1.75. The summed E-state index contributed by atoms with van der Waals surface area (Å²) < 4.78 is 0. The van der Waals surface area contributed by atoms with E-state index < -0.39 is 0 Å². The average molecular weight is 400 g/mol.